The second kappa shape index (κ2) is 20.3. The maximum atomic E-state index is 14.8. The Morgan fingerprint density at radius 1 is 0.724 bits per heavy atom. The predicted molar refractivity (Wildman–Crippen MR) is 234 cm³/mol. The van der Waals surface area contributed by atoms with Crippen LogP contribution in [-0.2, 0) is 33.9 Å². The van der Waals surface area contributed by atoms with E-state index in [0.29, 0.717) is 45.1 Å². The number of rotatable bonds is 15. The lowest BCUT2D eigenvalue weighted by molar-refractivity contribution is -0.145. The average Bonchev–Trinajstić information content (AvgIpc) is 3.25. The maximum absolute atomic E-state index is 14.8. The van der Waals surface area contributed by atoms with Crippen molar-refractivity contribution in [1.29, 1.82) is 0 Å². The molecule has 10 heteroatoms. The van der Waals surface area contributed by atoms with Crippen LogP contribution >= 0.6 is 0 Å². The second-order valence-electron chi connectivity index (χ2n) is 15.9. The first kappa shape index (κ1) is 42.2. The zero-order valence-electron chi connectivity index (χ0n) is 34.7. The Bertz CT molecular complexity index is 1950. The summed E-state index contributed by atoms with van der Waals surface area (Å²) in [6, 6.07) is 34.3. The van der Waals surface area contributed by atoms with E-state index in [4.69, 9.17) is 0 Å². The minimum Gasteiger partial charge on any atom is -0.395 e. The van der Waals surface area contributed by atoms with Gasteiger partial charge in [0.05, 0.1) is 6.61 Å². The first-order valence-electron chi connectivity index (χ1n) is 20.7. The van der Waals surface area contributed by atoms with Crippen LogP contribution in [0.15, 0.2) is 109 Å². The SMILES string of the molecule is CC(=O)N1CCN(c2ccc(CN(C(=O)C=Cc3ccc(C(C)C)cc3)[C@@H](Cc3ccccc3)C(=O)N3CCN(Cc4ccc(N(C)CCO)cc4)CC3)cc2)CC1. The van der Waals surface area contributed by atoms with Gasteiger partial charge in [-0.05, 0) is 64.1 Å². The zero-order valence-corrected chi connectivity index (χ0v) is 34.7. The molecule has 0 bridgehead atoms. The predicted octanol–water partition coefficient (Wildman–Crippen LogP) is 5.90. The third-order valence-electron chi connectivity index (χ3n) is 11.5. The maximum Gasteiger partial charge on any atom is 0.247 e. The Kier molecular flexibility index (Phi) is 14.8. The summed E-state index contributed by atoms with van der Waals surface area (Å²) in [6.07, 6.45) is 3.87. The lowest BCUT2D eigenvalue weighted by Gasteiger charge is -2.39. The van der Waals surface area contributed by atoms with Crippen LogP contribution in [0.5, 0.6) is 0 Å². The molecule has 0 saturated carbocycles. The number of nitrogens with zero attached hydrogens (tertiary/aromatic N) is 6. The van der Waals surface area contributed by atoms with Crippen LogP contribution in [0, 0.1) is 0 Å². The third kappa shape index (κ3) is 11.4. The number of aliphatic hydroxyl groups excluding tert-OH is 1. The summed E-state index contributed by atoms with van der Waals surface area (Å²) in [6.45, 7) is 13.2. The lowest BCUT2D eigenvalue weighted by Crippen LogP contribution is -2.56. The third-order valence-corrected chi connectivity index (χ3v) is 11.5. The molecular weight excluding hydrogens is 725 g/mol. The van der Waals surface area contributed by atoms with Crippen LogP contribution in [0.25, 0.3) is 6.08 Å². The summed E-state index contributed by atoms with van der Waals surface area (Å²) in [4.78, 5) is 53.4. The molecule has 2 heterocycles. The number of hydrogen-bond acceptors (Lipinski definition) is 7. The highest BCUT2D eigenvalue weighted by Crippen LogP contribution is 2.23. The van der Waals surface area contributed by atoms with Gasteiger partial charge in [0.1, 0.15) is 6.04 Å². The number of piperazine rings is 2. The Morgan fingerprint density at radius 3 is 1.95 bits per heavy atom. The summed E-state index contributed by atoms with van der Waals surface area (Å²) < 4.78 is 0. The Morgan fingerprint density at radius 2 is 1.34 bits per heavy atom. The molecule has 306 valence electrons. The molecule has 1 N–H and O–H groups in total. The smallest absolute Gasteiger partial charge is 0.247 e. The van der Waals surface area contributed by atoms with E-state index in [1.807, 2.05) is 70.3 Å². The fourth-order valence-electron chi connectivity index (χ4n) is 7.78. The molecular formula is C48H60N6O4. The molecule has 6 rings (SSSR count). The molecule has 10 nitrogen and oxygen atoms in total. The van der Waals surface area contributed by atoms with Crippen molar-refractivity contribution in [1.82, 2.24) is 19.6 Å². The molecule has 0 aromatic heterocycles. The van der Waals surface area contributed by atoms with Gasteiger partial charge in [0.2, 0.25) is 17.7 Å². The highest BCUT2D eigenvalue weighted by Gasteiger charge is 2.34. The first-order valence-corrected chi connectivity index (χ1v) is 20.7. The van der Waals surface area contributed by atoms with Crippen LogP contribution in [-0.4, -0.2) is 121 Å². The molecule has 0 spiro atoms. The lowest BCUT2D eigenvalue weighted by atomic mass is 10.0. The standard InChI is InChI=1S/C48H60N6O4/c1-37(2)43-17-10-39(11-18-43)16-23-47(57)54(36-42-14-21-45(22-15-42)52-30-28-51(29-31-52)38(3)56)46(34-40-8-6-5-7-9-40)48(58)53-26-24-50(25-27-53)35-41-12-19-44(20-13-41)49(4)32-33-55/h5-23,37,46,55H,24-36H2,1-4H3/t46-/m0/s1. The minimum atomic E-state index is -0.711. The molecule has 2 fully saturated rings. The molecule has 0 radical (unpaired) electrons. The number of anilines is 2. The van der Waals surface area contributed by atoms with Crippen molar-refractivity contribution in [2.24, 2.45) is 0 Å². The summed E-state index contributed by atoms with van der Waals surface area (Å²) >= 11 is 0. The molecule has 2 aliphatic rings. The fourth-order valence-corrected chi connectivity index (χ4v) is 7.78. The Balaban J connectivity index is 1.21. The van der Waals surface area contributed by atoms with E-state index in [1.54, 1.807) is 17.9 Å². The van der Waals surface area contributed by atoms with Crippen LogP contribution in [0.4, 0.5) is 11.4 Å². The van der Waals surface area contributed by atoms with Crippen LogP contribution < -0.4 is 9.80 Å². The number of amides is 3. The van der Waals surface area contributed by atoms with Crippen LogP contribution in [0.3, 0.4) is 0 Å². The van der Waals surface area contributed by atoms with E-state index in [0.717, 1.165) is 60.8 Å². The van der Waals surface area contributed by atoms with E-state index < -0.39 is 6.04 Å². The number of carbonyl (C=O) groups excluding carboxylic acids is 3. The molecule has 4 aromatic rings. The van der Waals surface area contributed by atoms with E-state index in [2.05, 4.69) is 84.3 Å². The Hall–Kier alpha value is -5.45. The summed E-state index contributed by atoms with van der Waals surface area (Å²) in [5.74, 6) is 0.268. The van der Waals surface area contributed by atoms with Gasteiger partial charge in [-0.2, -0.15) is 0 Å². The van der Waals surface area contributed by atoms with E-state index in [9.17, 15) is 19.5 Å². The van der Waals surface area contributed by atoms with Gasteiger partial charge >= 0.3 is 0 Å². The van der Waals surface area contributed by atoms with Gasteiger partial charge in [0.15, 0.2) is 0 Å². The highest BCUT2D eigenvalue weighted by atomic mass is 16.3. The molecule has 58 heavy (non-hydrogen) atoms. The van der Waals surface area contributed by atoms with Gasteiger partial charge in [-0.15, -0.1) is 0 Å². The van der Waals surface area contributed by atoms with Crippen LogP contribution in [0.2, 0.25) is 0 Å². The fraction of sp³-hybridized carbons (Fsp3) is 0.396. The van der Waals surface area contributed by atoms with Gasteiger partial charge < -0.3 is 29.6 Å². The van der Waals surface area contributed by atoms with Gasteiger partial charge in [-0.25, -0.2) is 0 Å². The molecule has 0 unspecified atom stereocenters. The monoisotopic (exact) mass is 784 g/mol. The largest absolute Gasteiger partial charge is 0.395 e. The van der Waals surface area contributed by atoms with Gasteiger partial charge in [-0.3, -0.25) is 19.3 Å². The zero-order chi connectivity index (χ0) is 41.0. The van der Waals surface area contributed by atoms with Crippen molar-refractivity contribution in [2.45, 2.75) is 52.2 Å². The number of hydrogen-bond donors (Lipinski definition) is 1. The number of aliphatic hydroxyl groups is 1. The molecule has 2 aliphatic heterocycles. The topological polar surface area (TPSA) is 90.9 Å². The van der Waals surface area contributed by atoms with Gasteiger partial charge in [0, 0.05) is 110 Å². The van der Waals surface area contributed by atoms with Crippen molar-refractivity contribution in [3.63, 3.8) is 0 Å². The molecule has 0 aliphatic carbocycles. The molecule has 1 atom stereocenters. The van der Waals surface area contributed by atoms with E-state index in [-0.39, 0.29) is 30.9 Å². The van der Waals surface area contributed by atoms with Crippen molar-refractivity contribution in [3.05, 3.63) is 137 Å². The number of likely N-dealkylation sites (N-methyl/N-ethyl adjacent to an activating group) is 1. The second-order valence-corrected chi connectivity index (χ2v) is 15.9. The van der Waals surface area contributed by atoms with Crippen LogP contribution in [0.1, 0.15) is 54.5 Å². The number of carbonyl (C=O) groups is 3. The Labute approximate surface area is 344 Å². The quantitative estimate of drug-likeness (QED) is 0.150. The van der Waals surface area contributed by atoms with Crippen molar-refractivity contribution < 1.29 is 19.5 Å². The minimum absolute atomic E-state index is 0.0391. The average molecular weight is 785 g/mol. The molecule has 3 amide bonds. The molecule has 4 aromatic carbocycles. The summed E-state index contributed by atoms with van der Waals surface area (Å²) in [7, 11) is 1.97. The van der Waals surface area contributed by atoms with E-state index >= 15 is 0 Å². The number of benzene rings is 4. The summed E-state index contributed by atoms with van der Waals surface area (Å²) in [5, 5.41) is 9.31. The van der Waals surface area contributed by atoms with Crippen molar-refractivity contribution in [3.8, 4) is 0 Å². The van der Waals surface area contributed by atoms with Gasteiger partial charge in [-0.1, -0.05) is 92.7 Å². The molecule has 2 saturated heterocycles. The van der Waals surface area contributed by atoms with Crippen molar-refractivity contribution >= 4 is 35.2 Å². The van der Waals surface area contributed by atoms with Crippen molar-refractivity contribution in [2.75, 3.05) is 82.4 Å². The highest BCUT2D eigenvalue weighted by molar-refractivity contribution is 5.96. The van der Waals surface area contributed by atoms with E-state index in [1.165, 1.54) is 11.1 Å². The normalized spacial score (nSPS) is 15.5. The van der Waals surface area contributed by atoms with Gasteiger partial charge in [0.25, 0.3) is 0 Å². The first-order chi connectivity index (χ1) is 28.1. The summed E-state index contributed by atoms with van der Waals surface area (Å²) in [5.41, 5.74) is 7.46.